The van der Waals surface area contributed by atoms with Crippen molar-refractivity contribution in [1.82, 2.24) is 4.90 Å². The van der Waals surface area contributed by atoms with Gasteiger partial charge in [0.15, 0.2) is 21.3 Å². The van der Waals surface area contributed by atoms with Crippen molar-refractivity contribution in [1.29, 1.82) is 0 Å². The Bertz CT molecular complexity index is 735. The zero-order valence-corrected chi connectivity index (χ0v) is 15.9. The van der Waals surface area contributed by atoms with Crippen molar-refractivity contribution in [3.63, 3.8) is 0 Å². The number of carbonyl (C=O) groups is 1. The maximum Gasteiger partial charge on any atom is 0.233 e. The summed E-state index contributed by atoms with van der Waals surface area (Å²) in [4.78, 5) is 15.2. The minimum atomic E-state index is -3.00. The van der Waals surface area contributed by atoms with Crippen molar-refractivity contribution in [2.75, 3.05) is 37.0 Å². The van der Waals surface area contributed by atoms with E-state index >= 15 is 0 Å². The summed E-state index contributed by atoms with van der Waals surface area (Å²) in [5, 5.41) is 0. The van der Waals surface area contributed by atoms with Crippen LogP contribution in [-0.2, 0) is 14.6 Å². The fourth-order valence-electron chi connectivity index (χ4n) is 3.12. The Morgan fingerprint density at radius 1 is 1.28 bits per heavy atom. The Hall–Kier alpha value is -1.41. The van der Waals surface area contributed by atoms with E-state index in [1.54, 1.807) is 4.90 Å². The molecule has 138 valence electrons. The Morgan fingerprint density at radius 3 is 2.72 bits per heavy atom. The lowest BCUT2D eigenvalue weighted by molar-refractivity contribution is -0.129. The molecule has 6 nitrogen and oxygen atoms in total. The summed E-state index contributed by atoms with van der Waals surface area (Å²) in [5.74, 6) is 1.97. The first kappa shape index (κ1) is 18.4. The Morgan fingerprint density at radius 2 is 2.04 bits per heavy atom. The molecule has 25 heavy (non-hydrogen) atoms. The summed E-state index contributed by atoms with van der Waals surface area (Å²) in [7, 11) is -3.00. The van der Waals surface area contributed by atoms with Gasteiger partial charge in [0.05, 0.1) is 30.5 Å². The lowest BCUT2D eigenvalue weighted by Crippen LogP contribution is -2.41. The number of hydrogen-bond donors (Lipinski definition) is 0. The molecule has 1 unspecified atom stereocenters. The third-order valence-corrected chi connectivity index (χ3v) is 7.12. The molecule has 1 aromatic carbocycles. The molecule has 1 fully saturated rings. The third kappa shape index (κ3) is 4.61. The molecule has 2 aliphatic heterocycles. The molecule has 2 heterocycles. The molecule has 1 saturated heterocycles. The number of thioether (sulfide) groups is 1. The second-order valence-electron chi connectivity index (χ2n) is 6.18. The number of fused-ring (bicyclic) bond motifs is 1. The van der Waals surface area contributed by atoms with E-state index in [0.717, 1.165) is 17.1 Å². The molecule has 1 amide bonds. The van der Waals surface area contributed by atoms with Gasteiger partial charge in [-0.15, -0.1) is 11.8 Å². The molecule has 0 aliphatic carbocycles. The first-order valence-electron chi connectivity index (χ1n) is 8.51. The first-order valence-corrected chi connectivity index (χ1v) is 11.3. The summed E-state index contributed by atoms with van der Waals surface area (Å²) in [6.07, 6.45) is 1.39. The molecule has 0 N–H and O–H groups in total. The Kier molecular flexibility index (Phi) is 5.78. The summed E-state index contributed by atoms with van der Waals surface area (Å²) in [6, 6.07) is 5.50. The molecule has 0 radical (unpaired) electrons. The highest BCUT2D eigenvalue weighted by Gasteiger charge is 2.33. The topological polar surface area (TPSA) is 72.9 Å². The summed E-state index contributed by atoms with van der Waals surface area (Å²) >= 11 is 1.43. The van der Waals surface area contributed by atoms with Crippen LogP contribution in [0.15, 0.2) is 23.1 Å². The highest BCUT2D eigenvalue weighted by Crippen LogP contribution is 2.34. The van der Waals surface area contributed by atoms with Crippen LogP contribution in [0.3, 0.4) is 0 Å². The number of rotatable bonds is 5. The van der Waals surface area contributed by atoms with Crippen molar-refractivity contribution in [3.8, 4) is 11.5 Å². The second-order valence-corrected chi connectivity index (χ2v) is 9.46. The van der Waals surface area contributed by atoms with Crippen LogP contribution in [-0.4, -0.2) is 62.3 Å². The van der Waals surface area contributed by atoms with E-state index in [9.17, 15) is 13.2 Å². The van der Waals surface area contributed by atoms with Gasteiger partial charge in [-0.1, -0.05) is 0 Å². The summed E-state index contributed by atoms with van der Waals surface area (Å²) in [6.45, 7) is 3.69. The fraction of sp³-hybridized carbons (Fsp3) is 0.588. The summed E-state index contributed by atoms with van der Waals surface area (Å²) < 4.78 is 34.6. The van der Waals surface area contributed by atoms with E-state index in [2.05, 4.69) is 0 Å². The van der Waals surface area contributed by atoms with Crippen molar-refractivity contribution in [3.05, 3.63) is 18.2 Å². The molecular formula is C17H23NO5S2. The molecule has 0 aromatic heterocycles. The Labute approximate surface area is 152 Å². The molecule has 2 aliphatic rings. The van der Waals surface area contributed by atoms with Crippen LogP contribution in [0.1, 0.15) is 19.8 Å². The van der Waals surface area contributed by atoms with E-state index in [-0.39, 0.29) is 29.2 Å². The van der Waals surface area contributed by atoms with Crippen molar-refractivity contribution < 1.29 is 22.7 Å². The molecule has 0 bridgehead atoms. The molecule has 3 rings (SSSR count). The molecule has 1 atom stereocenters. The third-order valence-electron chi connectivity index (χ3n) is 4.39. The van der Waals surface area contributed by atoms with E-state index in [0.29, 0.717) is 31.9 Å². The van der Waals surface area contributed by atoms with Gasteiger partial charge in [-0.2, -0.15) is 0 Å². The average molecular weight is 386 g/mol. The predicted octanol–water partition coefficient (Wildman–Crippen LogP) is 1.98. The van der Waals surface area contributed by atoms with Crippen LogP contribution >= 0.6 is 11.8 Å². The SMILES string of the molecule is CCN(C(=O)CSc1ccc2c(c1)OCCCO2)C1CCS(=O)(=O)C1. The van der Waals surface area contributed by atoms with Crippen molar-refractivity contribution >= 4 is 27.5 Å². The standard InChI is InChI=1S/C17H23NO5S2/c1-2-18(13-6-9-25(20,21)12-13)17(19)11-24-14-4-5-15-16(10-14)23-8-3-7-22-15/h4-5,10,13H,2-3,6-9,11-12H2,1H3. The van der Waals surface area contributed by atoms with Crippen LogP contribution in [0.4, 0.5) is 0 Å². The number of benzene rings is 1. The van der Waals surface area contributed by atoms with Crippen LogP contribution < -0.4 is 9.47 Å². The van der Waals surface area contributed by atoms with Crippen LogP contribution in [0.2, 0.25) is 0 Å². The first-order chi connectivity index (χ1) is 12.0. The maximum atomic E-state index is 12.5. The van der Waals surface area contributed by atoms with E-state index in [1.807, 2.05) is 25.1 Å². The average Bonchev–Trinajstić information content (AvgIpc) is 2.80. The largest absolute Gasteiger partial charge is 0.490 e. The minimum Gasteiger partial charge on any atom is -0.490 e. The van der Waals surface area contributed by atoms with Gasteiger partial charge in [0, 0.05) is 23.9 Å². The van der Waals surface area contributed by atoms with E-state index < -0.39 is 9.84 Å². The maximum absolute atomic E-state index is 12.5. The van der Waals surface area contributed by atoms with Gasteiger partial charge in [0.1, 0.15) is 0 Å². The van der Waals surface area contributed by atoms with Crippen LogP contribution in [0.5, 0.6) is 11.5 Å². The lowest BCUT2D eigenvalue weighted by Gasteiger charge is -2.26. The number of hydrogen-bond acceptors (Lipinski definition) is 6. The van der Waals surface area contributed by atoms with Crippen molar-refractivity contribution in [2.45, 2.75) is 30.7 Å². The van der Waals surface area contributed by atoms with Gasteiger partial charge in [-0.05, 0) is 31.5 Å². The van der Waals surface area contributed by atoms with Crippen LogP contribution in [0, 0.1) is 0 Å². The fourth-order valence-corrected chi connectivity index (χ4v) is 5.66. The molecular weight excluding hydrogens is 362 g/mol. The van der Waals surface area contributed by atoms with E-state index in [1.165, 1.54) is 11.8 Å². The van der Waals surface area contributed by atoms with Gasteiger partial charge in [0.25, 0.3) is 0 Å². The smallest absolute Gasteiger partial charge is 0.233 e. The van der Waals surface area contributed by atoms with Gasteiger partial charge in [-0.3, -0.25) is 4.79 Å². The number of sulfone groups is 1. The van der Waals surface area contributed by atoms with Gasteiger partial charge in [-0.25, -0.2) is 8.42 Å². The van der Waals surface area contributed by atoms with Crippen molar-refractivity contribution in [2.24, 2.45) is 0 Å². The Balaban J connectivity index is 1.60. The van der Waals surface area contributed by atoms with Crippen LogP contribution in [0.25, 0.3) is 0 Å². The van der Waals surface area contributed by atoms with Gasteiger partial charge < -0.3 is 14.4 Å². The number of carbonyl (C=O) groups excluding carboxylic acids is 1. The highest BCUT2D eigenvalue weighted by molar-refractivity contribution is 8.00. The molecule has 0 spiro atoms. The predicted molar refractivity (Wildman–Crippen MR) is 97.2 cm³/mol. The number of amides is 1. The highest BCUT2D eigenvalue weighted by atomic mass is 32.2. The normalized spacial score (nSPS) is 21.6. The molecule has 8 heteroatoms. The lowest BCUT2D eigenvalue weighted by atomic mass is 10.2. The number of nitrogens with zero attached hydrogens (tertiary/aromatic N) is 1. The molecule has 0 saturated carbocycles. The monoisotopic (exact) mass is 385 g/mol. The van der Waals surface area contributed by atoms with E-state index in [4.69, 9.17) is 9.47 Å². The second kappa shape index (κ2) is 7.86. The zero-order valence-electron chi connectivity index (χ0n) is 14.3. The molecule has 1 aromatic rings. The van der Waals surface area contributed by atoms with Gasteiger partial charge in [0.2, 0.25) is 5.91 Å². The zero-order chi connectivity index (χ0) is 17.9. The quantitative estimate of drug-likeness (QED) is 0.722. The number of ether oxygens (including phenoxy) is 2. The summed E-state index contributed by atoms with van der Waals surface area (Å²) in [5.41, 5.74) is 0. The minimum absolute atomic E-state index is 0.0262. The van der Waals surface area contributed by atoms with Gasteiger partial charge >= 0.3 is 0 Å².